The lowest BCUT2D eigenvalue weighted by Crippen LogP contribution is -2.46. The van der Waals surface area contributed by atoms with E-state index >= 15 is 0 Å². The van der Waals surface area contributed by atoms with Gasteiger partial charge in [-0.05, 0) is 73.2 Å². The molecule has 0 saturated heterocycles. The number of nitrogens with one attached hydrogen (secondary N) is 2. The zero-order chi connectivity index (χ0) is 33.4. The van der Waals surface area contributed by atoms with Gasteiger partial charge in [0.15, 0.2) is 0 Å². The molecule has 0 aliphatic heterocycles. The summed E-state index contributed by atoms with van der Waals surface area (Å²) in [6.07, 6.45) is -3.19. The second-order valence-electron chi connectivity index (χ2n) is 11.0. The number of alkyl halides is 4. The van der Waals surface area contributed by atoms with Crippen molar-refractivity contribution in [2.45, 2.75) is 31.5 Å². The third-order valence-electron chi connectivity index (χ3n) is 7.70. The number of nitrogens with zero attached hydrogens (tertiary/aromatic N) is 1. The topological polar surface area (TPSA) is 109 Å². The molecule has 4 aromatic rings. The first-order chi connectivity index (χ1) is 21.7. The average Bonchev–Trinajstić information content (AvgIpc) is 3.77. The highest BCUT2D eigenvalue weighted by Gasteiger charge is 2.49. The fourth-order valence-electron chi connectivity index (χ4n) is 5.34. The Morgan fingerprint density at radius 2 is 1.72 bits per heavy atom. The number of halogens is 5. The molecule has 5 rings (SSSR count). The lowest BCUT2D eigenvalue weighted by Gasteiger charge is -2.25. The van der Waals surface area contributed by atoms with Crippen molar-refractivity contribution in [2.24, 2.45) is 5.92 Å². The fourth-order valence-corrected chi connectivity index (χ4v) is 6.31. The van der Waals surface area contributed by atoms with Gasteiger partial charge < -0.3 is 15.1 Å². The summed E-state index contributed by atoms with van der Waals surface area (Å²) in [5.74, 6) is -2.70. The number of carbonyl (C=O) groups excluding carboxylic acids is 2. The van der Waals surface area contributed by atoms with Crippen LogP contribution < -0.4 is 14.9 Å². The monoisotopic (exact) mass is 663 g/mol. The first-order valence-electron chi connectivity index (χ1n) is 14.3. The number of carbonyl (C=O) groups is 2. The molecule has 1 heterocycles. The van der Waals surface area contributed by atoms with Crippen molar-refractivity contribution in [3.63, 3.8) is 0 Å². The number of fused-ring (bicyclic) bond motifs is 1. The smallest absolute Gasteiger partial charge is 0.408 e. The molecule has 46 heavy (non-hydrogen) atoms. The Labute approximate surface area is 261 Å². The summed E-state index contributed by atoms with van der Waals surface area (Å²) >= 11 is 0. The van der Waals surface area contributed by atoms with Crippen LogP contribution in [0.2, 0.25) is 0 Å². The van der Waals surface area contributed by atoms with Gasteiger partial charge in [-0.3, -0.25) is 18.3 Å². The van der Waals surface area contributed by atoms with Crippen molar-refractivity contribution in [3.05, 3.63) is 77.6 Å². The molecule has 0 spiro atoms. The van der Waals surface area contributed by atoms with Crippen LogP contribution in [0.15, 0.2) is 65.1 Å². The van der Waals surface area contributed by atoms with E-state index in [0.717, 1.165) is 10.6 Å². The van der Waals surface area contributed by atoms with Crippen LogP contribution in [0.1, 0.15) is 40.0 Å². The third kappa shape index (κ3) is 6.86. The summed E-state index contributed by atoms with van der Waals surface area (Å²) in [6.45, 7) is -1.09. The molecule has 1 fully saturated rings. The molecule has 14 heteroatoms. The number of benzene rings is 3. The molecule has 3 aromatic carbocycles. The molecule has 0 bridgehead atoms. The van der Waals surface area contributed by atoms with Gasteiger partial charge in [0.2, 0.25) is 10.0 Å². The summed E-state index contributed by atoms with van der Waals surface area (Å²) in [5, 5.41) is 4.85. The minimum absolute atomic E-state index is 0.0232. The van der Waals surface area contributed by atoms with E-state index in [2.05, 4.69) is 10.6 Å². The Morgan fingerprint density at radius 1 is 1.02 bits per heavy atom. The second kappa shape index (κ2) is 12.7. The molecule has 2 N–H and O–H groups in total. The van der Waals surface area contributed by atoms with Crippen LogP contribution in [0.4, 0.5) is 27.6 Å². The molecule has 1 aliphatic carbocycles. The minimum Gasteiger partial charge on any atom is -0.455 e. The summed E-state index contributed by atoms with van der Waals surface area (Å²) in [4.78, 5) is 26.2. The molecule has 1 aliphatic rings. The van der Waals surface area contributed by atoms with Crippen molar-refractivity contribution in [2.75, 3.05) is 30.8 Å². The van der Waals surface area contributed by atoms with Gasteiger partial charge in [-0.25, -0.2) is 12.8 Å². The fraction of sp³-hybridized carbons (Fsp3) is 0.312. The molecule has 2 amide bonds. The molecule has 1 unspecified atom stereocenters. The van der Waals surface area contributed by atoms with Crippen molar-refractivity contribution in [3.8, 4) is 22.5 Å². The van der Waals surface area contributed by atoms with E-state index in [1.807, 2.05) is 0 Å². The second-order valence-corrected chi connectivity index (χ2v) is 13.0. The number of hydrogen-bond acceptors (Lipinski definition) is 5. The zero-order valence-corrected chi connectivity index (χ0v) is 25.6. The standard InChI is InChI=1S/C32H30F5N3O5S/c1-38-31(42)27-24-16-23(20-5-3-6-21(15-20)30(41)39-29(19-7-8-19)32(35,36)37)25(40(14-4-13-33)46(2,43)44)17-26(24)45-28(27)18-9-11-22(34)12-10-18/h3,5-6,9-12,15-17,19,29H,4,7-8,13-14H2,1-2H3,(H,38,42)(H,39,41). The highest BCUT2D eigenvalue weighted by atomic mass is 32.2. The van der Waals surface area contributed by atoms with Gasteiger partial charge in [0.1, 0.15) is 23.2 Å². The van der Waals surface area contributed by atoms with E-state index in [1.54, 1.807) is 0 Å². The number of sulfonamides is 1. The highest BCUT2D eigenvalue weighted by Crippen LogP contribution is 2.43. The maximum absolute atomic E-state index is 13.7. The van der Waals surface area contributed by atoms with Crippen LogP contribution >= 0.6 is 0 Å². The summed E-state index contributed by atoms with van der Waals surface area (Å²) in [7, 11) is -2.64. The Bertz CT molecular complexity index is 1890. The van der Waals surface area contributed by atoms with E-state index in [4.69, 9.17) is 4.42 Å². The molecule has 0 radical (unpaired) electrons. The summed E-state index contributed by atoms with van der Waals surface area (Å²) in [6, 6.07) is 11.6. The Morgan fingerprint density at radius 3 is 2.30 bits per heavy atom. The number of anilines is 1. The number of furan rings is 1. The van der Waals surface area contributed by atoms with E-state index in [1.165, 1.54) is 67.7 Å². The van der Waals surface area contributed by atoms with Crippen LogP contribution in [0.3, 0.4) is 0 Å². The van der Waals surface area contributed by atoms with Crippen LogP contribution in [0, 0.1) is 11.7 Å². The maximum Gasteiger partial charge on any atom is 0.408 e. The number of amides is 2. The lowest BCUT2D eigenvalue weighted by atomic mass is 9.97. The van der Waals surface area contributed by atoms with E-state index in [9.17, 15) is 40.0 Å². The number of rotatable bonds is 11. The number of hydrogen-bond donors (Lipinski definition) is 2. The molecular weight excluding hydrogens is 633 g/mol. The molecular formula is C32H30F5N3O5S. The predicted molar refractivity (Wildman–Crippen MR) is 163 cm³/mol. The van der Waals surface area contributed by atoms with Crippen LogP contribution in [-0.4, -0.2) is 59.0 Å². The van der Waals surface area contributed by atoms with Gasteiger partial charge in [0, 0.05) is 41.7 Å². The van der Waals surface area contributed by atoms with Crippen molar-refractivity contribution in [1.29, 1.82) is 0 Å². The normalized spacial score (nSPS) is 14.2. The van der Waals surface area contributed by atoms with Gasteiger partial charge in [-0.2, -0.15) is 13.2 Å². The molecule has 1 aromatic heterocycles. The van der Waals surface area contributed by atoms with Gasteiger partial charge in [-0.1, -0.05) is 12.1 Å². The van der Waals surface area contributed by atoms with E-state index < -0.39 is 52.5 Å². The van der Waals surface area contributed by atoms with Gasteiger partial charge in [0.05, 0.1) is 24.2 Å². The minimum atomic E-state index is -4.64. The average molecular weight is 664 g/mol. The largest absolute Gasteiger partial charge is 0.455 e. The Kier molecular flexibility index (Phi) is 9.12. The van der Waals surface area contributed by atoms with E-state index in [-0.39, 0.29) is 57.6 Å². The third-order valence-corrected chi connectivity index (χ3v) is 8.88. The summed E-state index contributed by atoms with van der Waals surface area (Å²) in [5.41, 5.74) is 0.812. The molecule has 1 atom stereocenters. The molecule has 244 valence electrons. The Hall–Kier alpha value is -4.46. The highest BCUT2D eigenvalue weighted by molar-refractivity contribution is 7.92. The Balaban J connectivity index is 1.72. The molecule has 1 saturated carbocycles. The summed E-state index contributed by atoms with van der Waals surface area (Å²) < 4.78 is 101. The van der Waals surface area contributed by atoms with Gasteiger partial charge in [-0.15, -0.1) is 0 Å². The SMILES string of the molecule is CNC(=O)c1c(-c2ccc(F)cc2)oc2cc(N(CCCF)S(C)(=O)=O)c(-c3cccc(C(=O)NC(C4CC4)C(F)(F)F)c3)cc12. The van der Waals surface area contributed by atoms with Crippen LogP contribution in [-0.2, 0) is 10.0 Å². The van der Waals surface area contributed by atoms with E-state index in [0.29, 0.717) is 18.4 Å². The molecule has 8 nitrogen and oxygen atoms in total. The van der Waals surface area contributed by atoms with Crippen LogP contribution in [0.25, 0.3) is 33.4 Å². The maximum atomic E-state index is 13.7. The van der Waals surface area contributed by atoms with Crippen molar-refractivity contribution >= 4 is 38.5 Å². The first kappa shape index (κ1) is 32.9. The first-order valence-corrected chi connectivity index (χ1v) is 16.2. The van der Waals surface area contributed by atoms with Crippen molar-refractivity contribution in [1.82, 2.24) is 10.6 Å². The predicted octanol–water partition coefficient (Wildman–Crippen LogP) is 6.46. The van der Waals surface area contributed by atoms with Crippen LogP contribution in [0.5, 0.6) is 0 Å². The van der Waals surface area contributed by atoms with Gasteiger partial charge in [0.25, 0.3) is 11.8 Å². The quantitative estimate of drug-likeness (QED) is 0.179. The lowest BCUT2D eigenvalue weighted by molar-refractivity contribution is -0.158. The van der Waals surface area contributed by atoms with Gasteiger partial charge >= 0.3 is 6.18 Å². The van der Waals surface area contributed by atoms with Crippen molar-refractivity contribution < 1.29 is 44.4 Å². The zero-order valence-electron chi connectivity index (χ0n) is 24.8.